The van der Waals surface area contributed by atoms with Crippen LogP contribution in [0.25, 0.3) is 0 Å². The van der Waals surface area contributed by atoms with Gasteiger partial charge < -0.3 is 5.32 Å². The van der Waals surface area contributed by atoms with Crippen molar-refractivity contribution in [2.45, 2.75) is 49.6 Å². The SMILES string of the molecule is CN(C1CCCCC1)S(=O)(=O)c1cccc(C(=O)Nc2ccccc2Cn2cccn2)c1. The van der Waals surface area contributed by atoms with E-state index in [0.717, 1.165) is 37.7 Å². The van der Waals surface area contributed by atoms with E-state index < -0.39 is 10.0 Å². The topological polar surface area (TPSA) is 84.3 Å². The normalized spacial score (nSPS) is 15.1. The standard InChI is InChI=1S/C24H28N4O3S/c1-27(21-11-3-2-4-12-21)32(30,31)22-13-7-10-19(17-22)24(29)26-23-14-6-5-9-20(23)18-28-16-8-15-25-28/h5-10,13-17,21H,2-4,11-12,18H2,1H3,(H,26,29). The number of rotatable bonds is 7. The average molecular weight is 453 g/mol. The second-order valence-electron chi connectivity index (χ2n) is 8.16. The van der Waals surface area contributed by atoms with Gasteiger partial charge in [0, 0.05) is 36.7 Å². The number of carbonyl (C=O) groups excluding carboxylic acids is 1. The van der Waals surface area contributed by atoms with Crippen LogP contribution in [0.5, 0.6) is 0 Å². The van der Waals surface area contributed by atoms with Gasteiger partial charge in [-0.2, -0.15) is 9.40 Å². The number of nitrogens with zero attached hydrogens (tertiary/aromatic N) is 3. The van der Waals surface area contributed by atoms with Gasteiger partial charge in [0.05, 0.1) is 11.4 Å². The molecule has 2 aromatic carbocycles. The van der Waals surface area contributed by atoms with Gasteiger partial charge in [-0.15, -0.1) is 0 Å². The van der Waals surface area contributed by atoms with Crippen LogP contribution in [0, 0.1) is 0 Å². The zero-order chi connectivity index (χ0) is 22.6. The van der Waals surface area contributed by atoms with Gasteiger partial charge in [-0.1, -0.05) is 43.5 Å². The molecule has 0 radical (unpaired) electrons. The van der Waals surface area contributed by atoms with E-state index in [4.69, 9.17) is 0 Å². The molecule has 1 aromatic heterocycles. The summed E-state index contributed by atoms with van der Waals surface area (Å²) in [5.41, 5.74) is 1.88. The minimum absolute atomic E-state index is 0.0143. The Morgan fingerprint density at radius 2 is 1.88 bits per heavy atom. The first-order chi connectivity index (χ1) is 15.4. The Bertz CT molecular complexity index is 1170. The Morgan fingerprint density at radius 1 is 1.09 bits per heavy atom. The average Bonchev–Trinajstić information content (AvgIpc) is 3.33. The zero-order valence-corrected chi connectivity index (χ0v) is 19.0. The largest absolute Gasteiger partial charge is 0.322 e. The van der Waals surface area contributed by atoms with E-state index in [0.29, 0.717) is 17.8 Å². The molecule has 1 fully saturated rings. The lowest BCUT2D eigenvalue weighted by Crippen LogP contribution is -2.38. The van der Waals surface area contributed by atoms with E-state index in [-0.39, 0.29) is 16.8 Å². The molecule has 3 aromatic rings. The van der Waals surface area contributed by atoms with Crippen molar-refractivity contribution in [3.8, 4) is 0 Å². The lowest BCUT2D eigenvalue weighted by molar-refractivity contribution is 0.102. The predicted octanol–water partition coefficient (Wildman–Crippen LogP) is 4.14. The van der Waals surface area contributed by atoms with Crippen LogP contribution >= 0.6 is 0 Å². The van der Waals surface area contributed by atoms with Crippen LogP contribution in [0.4, 0.5) is 5.69 Å². The third kappa shape index (κ3) is 4.92. The first-order valence-corrected chi connectivity index (χ1v) is 12.3. The van der Waals surface area contributed by atoms with Crippen LogP contribution in [0.1, 0.15) is 48.0 Å². The zero-order valence-electron chi connectivity index (χ0n) is 18.1. The Hall–Kier alpha value is -2.97. The number of hydrogen-bond acceptors (Lipinski definition) is 4. The summed E-state index contributed by atoms with van der Waals surface area (Å²) < 4.78 is 29.6. The summed E-state index contributed by atoms with van der Waals surface area (Å²) in [5, 5.41) is 7.14. The van der Waals surface area contributed by atoms with Crippen molar-refractivity contribution >= 4 is 21.6 Å². The van der Waals surface area contributed by atoms with Crippen LogP contribution in [0.3, 0.4) is 0 Å². The maximum atomic E-state index is 13.2. The third-order valence-corrected chi connectivity index (χ3v) is 7.93. The van der Waals surface area contributed by atoms with Crippen molar-refractivity contribution < 1.29 is 13.2 Å². The molecule has 1 aliphatic rings. The minimum atomic E-state index is -3.67. The van der Waals surface area contributed by atoms with Crippen molar-refractivity contribution in [3.05, 3.63) is 78.1 Å². The predicted molar refractivity (Wildman–Crippen MR) is 124 cm³/mol. The summed E-state index contributed by atoms with van der Waals surface area (Å²) in [7, 11) is -2.03. The second-order valence-corrected chi connectivity index (χ2v) is 10.2. The number of anilines is 1. The molecule has 0 spiro atoms. The van der Waals surface area contributed by atoms with Gasteiger partial charge in [-0.3, -0.25) is 9.48 Å². The smallest absolute Gasteiger partial charge is 0.255 e. The van der Waals surface area contributed by atoms with Gasteiger partial charge in [-0.05, 0) is 48.7 Å². The summed E-state index contributed by atoms with van der Waals surface area (Å²) >= 11 is 0. The maximum absolute atomic E-state index is 13.2. The first kappa shape index (κ1) is 22.2. The summed E-state index contributed by atoms with van der Waals surface area (Å²) in [4.78, 5) is 13.1. The summed E-state index contributed by atoms with van der Waals surface area (Å²) in [6.07, 6.45) is 8.57. The van der Waals surface area contributed by atoms with Crippen molar-refractivity contribution in [2.24, 2.45) is 0 Å². The highest BCUT2D eigenvalue weighted by Gasteiger charge is 2.29. The molecule has 1 aliphatic carbocycles. The van der Waals surface area contributed by atoms with Gasteiger partial charge >= 0.3 is 0 Å². The Balaban J connectivity index is 1.53. The molecule has 1 N–H and O–H groups in total. The molecular formula is C24H28N4O3S. The molecule has 32 heavy (non-hydrogen) atoms. The lowest BCUT2D eigenvalue weighted by Gasteiger charge is -2.30. The van der Waals surface area contributed by atoms with Gasteiger partial charge in [0.15, 0.2) is 0 Å². The quantitative estimate of drug-likeness (QED) is 0.584. The van der Waals surface area contributed by atoms with Crippen molar-refractivity contribution in [1.82, 2.24) is 14.1 Å². The van der Waals surface area contributed by atoms with Gasteiger partial charge in [-0.25, -0.2) is 8.42 Å². The first-order valence-electron chi connectivity index (χ1n) is 10.9. The van der Waals surface area contributed by atoms with Gasteiger partial charge in [0.1, 0.15) is 0 Å². The van der Waals surface area contributed by atoms with Gasteiger partial charge in [0.25, 0.3) is 5.91 Å². The molecule has 8 heteroatoms. The van der Waals surface area contributed by atoms with Crippen LogP contribution in [0.2, 0.25) is 0 Å². The number of sulfonamides is 1. The monoisotopic (exact) mass is 452 g/mol. The van der Waals surface area contributed by atoms with Crippen molar-refractivity contribution in [1.29, 1.82) is 0 Å². The number of para-hydroxylation sites is 1. The van der Waals surface area contributed by atoms with Crippen LogP contribution < -0.4 is 5.32 Å². The van der Waals surface area contributed by atoms with E-state index in [2.05, 4.69) is 10.4 Å². The van der Waals surface area contributed by atoms with Crippen LogP contribution in [0.15, 0.2) is 71.9 Å². The number of nitrogens with one attached hydrogen (secondary N) is 1. The van der Waals surface area contributed by atoms with E-state index >= 15 is 0 Å². The fraction of sp³-hybridized carbons (Fsp3) is 0.333. The van der Waals surface area contributed by atoms with Crippen molar-refractivity contribution in [3.63, 3.8) is 0 Å². The van der Waals surface area contributed by atoms with Crippen LogP contribution in [-0.4, -0.2) is 41.5 Å². The number of aromatic nitrogens is 2. The molecule has 7 nitrogen and oxygen atoms in total. The molecule has 168 valence electrons. The molecular weight excluding hydrogens is 424 g/mol. The highest BCUT2D eigenvalue weighted by molar-refractivity contribution is 7.89. The molecule has 1 amide bonds. The molecule has 1 saturated carbocycles. The van der Waals surface area contributed by atoms with E-state index in [9.17, 15) is 13.2 Å². The Labute approximate surface area is 189 Å². The maximum Gasteiger partial charge on any atom is 0.255 e. The molecule has 4 rings (SSSR count). The fourth-order valence-corrected chi connectivity index (χ4v) is 5.61. The fourth-order valence-electron chi connectivity index (χ4n) is 4.15. The lowest BCUT2D eigenvalue weighted by atomic mass is 9.96. The molecule has 1 heterocycles. The molecule has 0 atom stereocenters. The highest BCUT2D eigenvalue weighted by Crippen LogP contribution is 2.27. The number of amides is 1. The summed E-state index contributed by atoms with van der Waals surface area (Å²) in [6, 6.07) is 15.6. The third-order valence-electron chi connectivity index (χ3n) is 6.02. The highest BCUT2D eigenvalue weighted by atomic mass is 32.2. The molecule has 0 unspecified atom stereocenters. The summed E-state index contributed by atoms with van der Waals surface area (Å²) in [6.45, 7) is 0.518. The number of benzene rings is 2. The summed E-state index contributed by atoms with van der Waals surface area (Å²) in [5.74, 6) is -0.352. The van der Waals surface area contributed by atoms with E-state index in [1.807, 2.05) is 36.5 Å². The number of hydrogen-bond donors (Lipinski definition) is 1. The molecule has 0 saturated heterocycles. The van der Waals surface area contributed by atoms with Crippen LogP contribution in [-0.2, 0) is 16.6 Å². The van der Waals surface area contributed by atoms with E-state index in [1.165, 1.54) is 10.4 Å². The van der Waals surface area contributed by atoms with Gasteiger partial charge in [0.2, 0.25) is 10.0 Å². The minimum Gasteiger partial charge on any atom is -0.322 e. The van der Waals surface area contributed by atoms with E-state index in [1.54, 1.807) is 36.1 Å². The number of carbonyl (C=O) groups is 1. The Kier molecular flexibility index (Phi) is 6.72. The molecule has 0 bridgehead atoms. The second kappa shape index (κ2) is 9.67. The van der Waals surface area contributed by atoms with Crippen molar-refractivity contribution in [2.75, 3.05) is 12.4 Å². The Morgan fingerprint density at radius 3 is 2.62 bits per heavy atom. The molecule has 0 aliphatic heterocycles.